The Bertz CT molecular complexity index is 1090. The van der Waals surface area contributed by atoms with E-state index in [0.717, 1.165) is 18.2 Å². The molecular formula is C15H9FN4O5. The van der Waals surface area contributed by atoms with Gasteiger partial charge in [-0.05, 0) is 24.3 Å². The number of nitro benzene ring substituents is 1. The summed E-state index contributed by atoms with van der Waals surface area (Å²) in [4.78, 5) is 40.4. The molecule has 9 nitrogen and oxygen atoms in total. The van der Waals surface area contributed by atoms with E-state index in [2.05, 4.69) is 9.97 Å². The van der Waals surface area contributed by atoms with Crippen molar-refractivity contribution in [2.45, 2.75) is 0 Å². The molecule has 0 radical (unpaired) electrons. The summed E-state index contributed by atoms with van der Waals surface area (Å²) in [6.45, 7) is 0. The van der Waals surface area contributed by atoms with Gasteiger partial charge in [0.25, 0.3) is 11.2 Å². The van der Waals surface area contributed by atoms with Gasteiger partial charge in [-0.3, -0.25) is 14.9 Å². The van der Waals surface area contributed by atoms with Crippen molar-refractivity contribution >= 4 is 28.2 Å². The van der Waals surface area contributed by atoms with Crippen LogP contribution in [0.2, 0.25) is 0 Å². The molecule has 3 aromatic rings. The number of nitrogens with two attached hydrogens (primary N) is 1. The fraction of sp³-hybridized carbons (Fsp3) is 0. The highest BCUT2D eigenvalue weighted by Gasteiger charge is 2.25. The molecule has 0 aliphatic rings. The maximum atomic E-state index is 13.0. The van der Waals surface area contributed by atoms with Crippen LogP contribution in [0.3, 0.4) is 0 Å². The van der Waals surface area contributed by atoms with Crippen LogP contribution in [0.4, 0.5) is 15.8 Å². The Morgan fingerprint density at radius 2 is 1.96 bits per heavy atom. The SMILES string of the molecule is Nc1c([N+](=O)[O-])cc(C(=O)O)c2nc(-c3ccc(F)cc3)[nH]c(=O)c12. The van der Waals surface area contributed by atoms with Crippen LogP contribution in [0.5, 0.6) is 0 Å². The molecule has 0 saturated carbocycles. The van der Waals surface area contributed by atoms with Crippen LogP contribution in [-0.4, -0.2) is 26.0 Å². The molecule has 0 amide bonds. The highest BCUT2D eigenvalue weighted by Crippen LogP contribution is 2.31. The second kappa shape index (κ2) is 5.67. The predicted molar refractivity (Wildman–Crippen MR) is 85.8 cm³/mol. The Labute approximate surface area is 137 Å². The van der Waals surface area contributed by atoms with Crippen LogP contribution in [-0.2, 0) is 0 Å². The molecule has 4 N–H and O–H groups in total. The standard InChI is InChI=1S/C15H9FN4O5/c16-7-3-1-6(2-4-7)13-18-12-8(15(22)23)5-9(20(24)25)11(17)10(12)14(21)19-13/h1-5H,17H2,(H,22,23)(H,18,19,21). The lowest BCUT2D eigenvalue weighted by atomic mass is 10.1. The monoisotopic (exact) mass is 344 g/mol. The second-order valence-corrected chi connectivity index (χ2v) is 5.06. The van der Waals surface area contributed by atoms with Gasteiger partial charge in [-0.15, -0.1) is 0 Å². The lowest BCUT2D eigenvalue weighted by Gasteiger charge is -2.08. The minimum atomic E-state index is -1.50. The number of nitrogens with zero attached hydrogens (tertiary/aromatic N) is 2. The number of aromatic nitrogens is 2. The molecule has 1 heterocycles. The van der Waals surface area contributed by atoms with E-state index in [0.29, 0.717) is 5.56 Å². The van der Waals surface area contributed by atoms with Crippen molar-refractivity contribution in [1.29, 1.82) is 0 Å². The van der Waals surface area contributed by atoms with Crippen molar-refractivity contribution < 1.29 is 19.2 Å². The summed E-state index contributed by atoms with van der Waals surface area (Å²) >= 11 is 0. The first-order valence-electron chi connectivity index (χ1n) is 6.79. The number of hydrogen-bond donors (Lipinski definition) is 3. The Morgan fingerprint density at radius 3 is 2.52 bits per heavy atom. The normalized spacial score (nSPS) is 10.8. The number of aromatic amines is 1. The van der Waals surface area contributed by atoms with Crippen LogP contribution < -0.4 is 11.3 Å². The van der Waals surface area contributed by atoms with Crippen LogP contribution in [0.1, 0.15) is 10.4 Å². The molecule has 0 aliphatic carbocycles. The molecule has 0 atom stereocenters. The smallest absolute Gasteiger partial charge is 0.338 e. The number of hydrogen-bond acceptors (Lipinski definition) is 6. The van der Waals surface area contributed by atoms with Crippen molar-refractivity contribution in [3.63, 3.8) is 0 Å². The van der Waals surface area contributed by atoms with Crippen LogP contribution in [0.25, 0.3) is 22.3 Å². The minimum absolute atomic E-state index is 0.0201. The van der Waals surface area contributed by atoms with Crippen LogP contribution in [0, 0.1) is 15.9 Å². The Balaban J connectivity index is 2.41. The highest BCUT2D eigenvalue weighted by atomic mass is 19.1. The van der Waals surface area contributed by atoms with Gasteiger partial charge >= 0.3 is 5.97 Å². The summed E-state index contributed by atoms with van der Waals surface area (Å²) in [5.41, 5.74) is 3.13. The Morgan fingerprint density at radius 1 is 1.32 bits per heavy atom. The first-order valence-corrected chi connectivity index (χ1v) is 6.79. The minimum Gasteiger partial charge on any atom is -0.478 e. The second-order valence-electron chi connectivity index (χ2n) is 5.06. The summed E-state index contributed by atoms with van der Waals surface area (Å²) < 4.78 is 13.0. The third-order valence-corrected chi connectivity index (χ3v) is 3.55. The Kier molecular flexibility index (Phi) is 3.64. The van der Waals surface area contributed by atoms with Crippen LogP contribution >= 0.6 is 0 Å². The lowest BCUT2D eigenvalue weighted by molar-refractivity contribution is -0.383. The first kappa shape index (κ1) is 16.1. The van der Waals surface area contributed by atoms with Crippen molar-refractivity contribution in [1.82, 2.24) is 9.97 Å². The number of anilines is 1. The molecular weight excluding hydrogens is 335 g/mol. The molecule has 1 aromatic heterocycles. The number of carboxylic acids is 1. The van der Waals surface area contributed by atoms with E-state index in [4.69, 9.17) is 5.73 Å². The quantitative estimate of drug-likeness (QED) is 0.373. The lowest BCUT2D eigenvalue weighted by Crippen LogP contribution is -2.15. The molecule has 0 saturated heterocycles. The fourth-order valence-electron chi connectivity index (χ4n) is 2.39. The fourth-order valence-corrected chi connectivity index (χ4v) is 2.39. The number of carboxylic acid groups (broad SMARTS) is 1. The van der Waals surface area contributed by atoms with Gasteiger partial charge in [0.15, 0.2) is 0 Å². The molecule has 0 fully saturated rings. The van der Waals surface area contributed by atoms with Crippen molar-refractivity contribution in [2.24, 2.45) is 0 Å². The van der Waals surface area contributed by atoms with E-state index in [1.54, 1.807) is 0 Å². The maximum absolute atomic E-state index is 13.0. The summed E-state index contributed by atoms with van der Waals surface area (Å²) in [6, 6.07) is 5.72. The zero-order valence-corrected chi connectivity index (χ0v) is 12.3. The molecule has 0 bridgehead atoms. The van der Waals surface area contributed by atoms with Crippen molar-refractivity contribution in [3.05, 3.63) is 62.2 Å². The number of carbonyl (C=O) groups is 1. The van der Waals surface area contributed by atoms with Crippen molar-refractivity contribution in [3.8, 4) is 11.4 Å². The summed E-state index contributed by atoms with van der Waals surface area (Å²) in [5, 5.41) is 19.9. The van der Waals surface area contributed by atoms with Gasteiger partial charge in [0.2, 0.25) is 0 Å². The number of H-pyrrole nitrogens is 1. The topological polar surface area (TPSA) is 152 Å². The highest BCUT2D eigenvalue weighted by molar-refractivity contribution is 6.08. The van der Waals surface area contributed by atoms with Gasteiger partial charge in [-0.2, -0.15) is 0 Å². The van der Waals surface area contributed by atoms with Gasteiger partial charge < -0.3 is 15.8 Å². The number of halogens is 1. The molecule has 2 aromatic carbocycles. The summed E-state index contributed by atoms with van der Waals surface area (Å²) in [5.74, 6) is -2.03. The van der Waals surface area contributed by atoms with E-state index < -0.39 is 44.6 Å². The Hall–Kier alpha value is -3.82. The van der Waals surface area contributed by atoms with E-state index in [9.17, 15) is 29.2 Å². The van der Waals surface area contributed by atoms with E-state index in [-0.39, 0.29) is 11.3 Å². The van der Waals surface area contributed by atoms with Crippen molar-refractivity contribution in [2.75, 3.05) is 5.73 Å². The van der Waals surface area contributed by atoms with Gasteiger partial charge in [0, 0.05) is 11.6 Å². The third-order valence-electron chi connectivity index (χ3n) is 3.55. The zero-order valence-electron chi connectivity index (χ0n) is 12.3. The van der Waals surface area contributed by atoms with Gasteiger partial charge in [-0.1, -0.05) is 0 Å². The van der Waals surface area contributed by atoms with Gasteiger partial charge in [0.1, 0.15) is 17.3 Å². The number of nitrogens with one attached hydrogen (secondary N) is 1. The largest absolute Gasteiger partial charge is 0.478 e. The predicted octanol–water partition coefficient (Wildman–Crippen LogP) is 1.92. The number of rotatable bonds is 3. The molecule has 3 rings (SSSR count). The maximum Gasteiger partial charge on any atom is 0.338 e. The molecule has 10 heteroatoms. The summed E-state index contributed by atoms with van der Waals surface area (Å²) in [7, 11) is 0. The molecule has 0 spiro atoms. The van der Waals surface area contributed by atoms with E-state index in [1.165, 1.54) is 12.1 Å². The average Bonchev–Trinajstić information content (AvgIpc) is 2.54. The number of aromatic carboxylic acids is 1. The molecule has 126 valence electrons. The average molecular weight is 344 g/mol. The molecule has 25 heavy (non-hydrogen) atoms. The number of nitro groups is 1. The van der Waals surface area contributed by atoms with Gasteiger partial charge in [0.05, 0.1) is 21.4 Å². The number of benzene rings is 2. The zero-order chi connectivity index (χ0) is 18.3. The third kappa shape index (κ3) is 2.65. The van der Waals surface area contributed by atoms with Crippen LogP contribution in [0.15, 0.2) is 35.1 Å². The number of nitrogen functional groups attached to an aromatic ring is 1. The molecule has 0 unspecified atom stereocenters. The van der Waals surface area contributed by atoms with E-state index in [1.807, 2.05) is 0 Å². The first-order chi connectivity index (χ1) is 11.8. The number of fused-ring (bicyclic) bond motifs is 1. The van der Waals surface area contributed by atoms with E-state index >= 15 is 0 Å². The molecule has 0 aliphatic heterocycles. The van der Waals surface area contributed by atoms with Gasteiger partial charge in [-0.25, -0.2) is 14.2 Å². The summed E-state index contributed by atoms with van der Waals surface area (Å²) in [6.07, 6.45) is 0.